The van der Waals surface area contributed by atoms with Crippen molar-refractivity contribution in [2.24, 2.45) is 0 Å². The first-order chi connectivity index (χ1) is 4.74. The smallest absolute Gasteiger partial charge is 0.279 e. The molecule has 0 aliphatic rings. The number of nitrogens with one attached hydrogen (secondary N) is 1. The molecule has 5 heteroatoms. The molecule has 1 aromatic heterocycles. The Morgan fingerprint density at radius 3 is 2.70 bits per heavy atom. The zero-order valence-corrected chi connectivity index (χ0v) is 5.01. The maximum Gasteiger partial charge on any atom is 0.279 e. The first-order valence-corrected chi connectivity index (χ1v) is 2.67. The Morgan fingerprint density at radius 1 is 1.70 bits per heavy atom. The summed E-state index contributed by atoms with van der Waals surface area (Å²) in [6.45, 7) is -0.341. The summed E-state index contributed by atoms with van der Waals surface area (Å²) in [4.78, 5) is 5.72. The molecule has 3 nitrogen and oxygen atoms in total. The van der Waals surface area contributed by atoms with Crippen LogP contribution >= 0.6 is 0 Å². The van der Waals surface area contributed by atoms with Gasteiger partial charge in [0.1, 0.15) is 18.1 Å². The number of alkyl halides is 2. The number of rotatable bonds is 2. The largest absolute Gasteiger partial charge is 0.388 e. The van der Waals surface area contributed by atoms with Crippen LogP contribution in [0.2, 0.25) is 0 Å². The second-order valence-electron chi connectivity index (χ2n) is 1.74. The van der Waals surface area contributed by atoms with Crippen molar-refractivity contribution in [3.05, 3.63) is 17.7 Å². The van der Waals surface area contributed by atoms with E-state index in [1.165, 1.54) is 0 Å². The highest BCUT2D eigenvalue weighted by molar-refractivity contribution is 5.01. The Morgan fingerprint density at radius 2 is 2.40 bits per heavy atom. The first kappa shape index (κ1) is 7.14. The van der Waals surface area contributed by atoms with Gasteiger partial charge >= 0.3 is 0 Å². The molecule has 0 aliphatic carbocycles. The lowest BCUT2D eigenvalue weighted by molar-refractivity contribution is 0.146. The maximum atomic E-state index is 11.8. The number of aromatic amines is 1. The zero-order chi connectivity index (χ0) is 7.56. The quantitative estimate of drug-likeness (QED) is 0.652. The molecule has 2 N–H and O–H groups in total. The fourth-order valence-corrected chi connectivity index (χ4v) is 0.570. The molecule has 0 saturated heterocycles. The number of aliphatic hydroxyl groups is 1. The minimum absolute atomic E-state index is 0.162. The molecule has 0 unspecified atom stereocenters. The van der Waals surface area contributed by atoms with E-state index in [1.807, 2.05) is 0 Å². The van der Waals surface area contributed by atoms with Crippen molar-refractivity contribution in [2.75, 3.05) is 0 Å². The van der Waals surface area contributed by atoms with Gasteiger partial charge in [-0.05, 0) is 0 Å². The molecule has 0 aliphatic heterocycles. The van der Waals surface area contributed by atoms with Gasteiger partial charge in [-0.2, -0.15) is 0 Å². The molecule has 0 aromatic carbocycles. The number of H-pyrrole nitrogens is 1. The van der Waals surface area contributed by atoms with E-state index < -0.39 is 6.43 Å². The van der Waals surface area contributed by atoms with Crippen LogP contribution in [0.1, 0.15) is 17.9 Å². The molecular weight excluding hydrogens is 142 g/mol. The molecule has 0 radical (unpaired) electrons. The Bertz CT molecular complexity index is 211. The molecule has 0 atom stereocenters. The predicted octanol–water partition coefficient (Wildman–Crippen LogP) is 0.840. The summed E-state index contributed by atoms with van der Waals surface area (Å²) in [6.07, 6.45) is -1.54. The van der Waals surface area contributed by atoms with E-state index >= 15 is 0 Å². The van der Waals surface area contributed by atoms with E-state index in [1.54, 1.807) is 0 Å². The lowest BCUT2D eigenvalue weighted by Crippen LogP contribution is -1.87. The lowest BCUT2D eigenvalue weighted by Gasteiger charge is -1.90. The highest BCUT2D eigenvalue weighted by atomic mass is 19.3. The van der Waals surface area contributed by atoms with Crippen molar-refractivity contribution in [1.82, 2.24) is 9.97 Å². The van der Waals surface area contributed by atoms with Crippen LogP contribution in [0, 0.1) is 0 Å². The van der Waals surface area contributed by atoms with E-state index in [2.05, 4.69) is 9.97 Å². The lowest BCUT2D eigenvalue weighted by atomic mass is 10.5. The van der Waals surface area contributed by atoms with Crippen LogP contribution in [0.5, 0.6) is 0 Å². The van der Waals surface area contributed by atoms with Crippen molar-refractivity contribution >= 4 is 0 Å². The first-order valence-electron chi connectivity index (χ1n) is 2.67. The third-order valence-corrected chi connectivity index (χ3v) is 1.03. The second kappa shape index (κ2) is 2.74. The van der Waals surface area contributed by atoms with Crippen LogP contribution in [-0.2, 0) is 6.61 Å². The summed E-state index contributed by atoms with van der Waals surface area (Å²) < 4.78 is 23.5. The second-order valence-corrected chi connectivity index (χ2v) is 1.74. The zero-order valence-electron chi connectivity index (χ0n) is 5.01. The molecule has 1 heterocycles. The van der Waals surface area contributed by atoms with Gasteiger partial charge < -0.3 is 10.1 Å². The van der Waals surface area contributed by atoms with Gasteiger partial charge in [-0.15, -0.1) is 0 Å². The van der Waals surface area contributed by atoms with Gasteiger partial charge in [0.15, 0.2) is 0 Å². The number of nitrogens with zero attached hydrogens (tertiary/aromatic N) is 1. The SMILES string of the molecule is OCc1ncc(C(F)F)[nH]1. The van der Waals surface area contributed by atoms with Crippen molar-refractivity contribution in [3.8, 4) is 0 Å². The Hall–Kier alpha value is -0.970. The number of aromatic nitrogens is 2. The van der Waals surface area contributed by atoms with Crippen LogP contribution < -0.4 is 0 Å². The number of halogens is 2. The van der Waals surface area contributed by atoms with Crippen LogP contribution in [0.3, 0.4) is 0 Å². The summed E-state index contributed by atoms with van der Waals surface area (Å²) in [5.74, 6) is 0.162. The monoisotopic (exact) mass is 148 g/mol. The normalized spacial score (nSPS) is 10.8. The molecule has 1 aromatic rings. The third-order valence-electron chi connectivity index (χ3n) is 1.03. The minimum Gasteiger partial charge on any atom is -0.388 e. The van der Waals surface area contributed by atoms with E-state index in [0.29, 0.717) is 0 Å². The topological polar surface area (TPSA) is 48.9 Å². The molecule has 1 rings (SSSR count). The Kier molecular flexibility index (Phi) is 1.96. The van der Waals surface area contributed by atoms with Gasteiger partial charge in [-0.1, -0.05) is 0 Å². The summed E-state index contributed by atoms with van der Waals surface area (Å²) in [6, 6.07) is 0. The Balaban J connectivity index is 2.78. The number of imidazole rings is 1. The number of hydrogen-bond donors (Lipinski definition) is 2. The molecule has 0 bridgehead atoms. The fourth-order valence-electron chi connectivity index (χ4n) is 0.570. The van der Waals surface area contributed by atoms with Gasteiger partial charge in [0, 0.05) is 0 Å². The van der Waals surface area contributed by atoms with Crippen LogP contribution in [0.15, 0.2) is 6.20 Å². The minimum atomic E-state index is -2.55. The molecule has 10 heavy (non-hydrogen) atoms. The highest BCUT2D eigenvalue weighted by Gasteiger charge is 2.09. The average Bonchev–Trinajstić information content (AvgIpc) is 2.34. The number of hydrogen-bond acceptors (Lipinski definition) is 2. The standard InChI is InChI=1S/C5H6F2N2O/c6-5(7)3-1-8-4(2-10)9-3/h1,5,10H,2H2,(H,8,9). The molecule has 56 valence electrons. The Labute approximate surface area is 55.7 Å². The average molecular weight is 148 g/mol. The maximum absolute atomic E-state index is 11.8. The van der Waals surface area contributed by atoms with Crippen LogP contribution in [-0.4, -0.2) is 15.1 Å². The molecule has 0 spiro atoms. The van der Waals surface area contributed by atoms with Crippen molar-refractivity contribution in [3.63, 3.8) is 0 Å². The van der Waals surface area contributed by atoms with Gasteiger partial charge in [0.25, 0.3) is 6.43 Å². The summed E-state index contributed by atoms with van der Waals surface area (Å²) in [5.41, 5.74) is -0.260. The van der Waals surface area contributed by atoms with Gasteiger partial charge in [0.2, 0.25) is 0 Å². The molecule has 0 saturated carbocycles. The van der Waals surface area contributed by atoms with Crippen LogP contribution in [0.25, 0.3) is 0 Å². The third kappa shape index (κ3) is 1.30. The highest BCUT2D eigenvalue weighted by Crippen LogP contribution is 2.15. The van der Waals surface area contributed by atoms with Crippen molar-refractivity contribution < 1.29 is 13.9 Å². The summed E-state index contributed by atoms with van der Waals surface area (Å²) in [5, 5.41) is 8.39. The number of aliphatic hydroxyl groups excluding tert-OH is 1. The summed E-state index contributed by atoms with van der Waals surface area (Å²) in [7, 11) is 0. The van der Waals surface area contributed by atoms with Gasteiger partial charge in [-0.3, -0.25) is 0 Å². The van der Waals surface area contributed by atoms with E-state index in [4.69, 9.17) is 5.11 Å². The van der Waals surface area contributed by atoms with E-state index in [-0.39, 0.29) is 18.1 Å². The molecular formula is C5H6F2N2O. The summed E-state index contributed by atoms with van der Waals surface area (Å²) >= 11 is 0. The van der Waals surface area contributed by atoms with Gasteiger partial charge in [-0.25, -0.2) is 13.8 Å². The van der Waals surface area contributed by atoms with Crippen molar-refractivity contribution in [2.45, 2.75) is 13.0 Å². The fraction of sp³-hybridized carbons (Fsp3) is 0.400. The van der Waals surface area contributed by atoms with Gasteiger partial charge in [0.05, 0.1) is 6.20 Å². The molecule has 0 fully saturated rings. The van der Waals surface area contributed by atoms with Crippen molar-refractivity contribution in [1.29, 1.82) is 0 Å². The van der Waals surface area contributed by atoms with E-state index in [9.17, 15) is 8.78 Å². The molecule has 0 amide bonds. The van der Waals surface area contributed by atoms with E-state index in [0.717, 1.165) is 6.20 Å². The predicted molar refractivity (Wildman–Crippen MR) is 29.5 cm³/mol. The van der Waals surface area contributed by atoms with Crippen LogP contribution in [0.4, 0.5) is 8.78 Å².